The molecule has 3 nitrogen and oxygen atoms in total. The van der Waals surface area contributed by atoms with E-state index in [1.807, 2.05) is 6.92 Å². The maximum Gasteiger partial charge on any atom is 0.338 e. The third kappa shape index (κ3) is 3.74. The Morgan fingerprint density at radius 3 is 2.43 bits per heavy atom. The van der Waals surface area contributed by atoms with Crippen LogP contribution in [0.15, 0.2) is 12.1 Å². The second-order valence-electron chi connectivity index (χ2n) is 6.38. The number of halogens is 1. The van der Waals surface area contributed by atoms with Gasteiger partial charge in [-0.25, -0.2) is 9.18 Å². The van der Waals surface area contributed by atoms with Crippen LogP contribution in [0.1, 0.15) is 49.0 Å². The molecule has 1 aliphatic carbocycles. The predicted molar refractivity (Wildman–Crippen MR) is 82.1 cm³/mol. The zero-order chi connectivity index (χ0) is 15.6. The van der Waals surface area contributed by atoms with E-state index in [4.69, 9.17) is 4.74 Å². The lowest BCUT2D eigenvalue weighted by Crippen LogP contribution is -2.30. The monoisotopic (exact) mass is 293 g/mol. The molecule has 0 saturated heterocycles. The lowest BCUT2D eigenvalue weighted by molar-refractivity contribution is 0.0599. The molecule has 1 saturated carbocycles. The number of esters is 1. The molecular formula is C17H24FNO2. The summed E-state index contributed by atoms with van der Waals surface area (Å²) >= 11 is 0. The first-order chi connectivity index (χ1) is 9.90. The minimum atomic E-state index is -0.500. The first-order valence-corrected chi connectivity index (χ1v) is 7.55. The summed E-state index contributed by atoms with van der Waals surface area (Å²) in [5, 5.41) is 3.42. The summed E-state index contributed by atoms with van der Waals surface area (Å²) in [6.07, 6.45) is 3.40. The van der Waals surface area contributed by atoms with E-state index in [0.717, 1.165) is 18.4 Å². The number of carbonyl (C=O) groups excluding carboxylic acids is 1. The molecule has 0 aliphatic heterocycles. The van der Waals surface area contributed by atoms with Crippen molar-refractivity contribution in [3.63, 3.8) is 0 Å². The largest absolute Gasteiger partial charge is 0.465 e. The summed E-state index contributed by atoms with van der Waals surface area (Å²) in [5.74, 6) is 0.418. The molecule has 1 aromatic rings. The zero-order valence-electron chi connectivity index (χ0n) is 13.2. The Kier molecular flexibility index (Phi) is 4.86. The fraction of sp³-hybridized carbons (Fsp3) is 0.588. The van der Waals surface area contributed by atoms with Gasteiger partial charge in [-0.3, -0.25) is 0 Å². The van der Waals surface area contributed by atoms with Gasteiger partial charge in [-0.1, -0.05) is 13.8 Å². The van der Waals surface area contributed by atoms with Gasteiger partial charge in [0.2, 0.25) is 0 Å². The highest BCUT2D eigenvalue weighted by Crippen LogP contribution is 2.32. The third-order valence-electron chi connectivity index (χ3n) is 4.32. The molecule has 0 bridgehead atoms. The van der Waals surface area contributed by atoms with E-state index in [1.165, 1.54) is 25.7 Å². The molecule has 2 rings (SSSR count). The number of hydrogen-bond acceptors (Lipinski definition) is 3. The molecule has 3 atom stereocenters. The van der Waals surface area contributed by atoms with Crippen LogP contribution >= 0.6 is 0 Å². The molecule has 4 heteroatoms. The van der Waals surface area contributed by atoms with Crippen molar-refractivity contribution >= 4 is 11.7 Å². The van der Waals surface area contributed by atoms with Crippen LogP contribution in [0.4, 0.5) is 10.1 Å². The molecule has 1 N–H and O–H groups in total. The summed E-state index contributed by atoms with van der Waals surface area (Å²) in [4.78, 5) is 11.7. The summed E-state index contributed by atoms with van der Waals surface area (Å²) in [7, 11) is 1.31. The molecular weight excluding hydrogens is 269 g/mol. The summed E-state index contributed by atoms with van der Waals surface area (Å²) < 4.78 is 18.5. The van der Waals surface area contributed by atoms with Gasteiger partial charge in [0.1, 0.15) is 5.82 Å². The smallest absolute Gasteiger partial charge is 0.338 e. The minimum Gasteiger partial charge on any atom is -0.465 e. The number of benzene rings is 1. The topological polar surface area (TPSA) is 38.3 Å². The van der Waals surface area contributed by atoms with Gasteiger partial charge in [0.25, 0.3) is 0 Å². The molecule has 1 unspecified atom stereocenters. The van der Waals surface area contributed by atoms with Crippen molar-refractivity contribution in [1.82, 2.24) is 0 Å². The van der Waals surface area contributed by atoms with Crippen LogP contribution < -0.4 is 5.32 Å². The summed E-state index contributed by atoms with van der Waals surface area (Å²) in [6.45, 7) is 6.33. The molecule has 0 spiro atoms. The Bertz CT molecular complexity index is 520. The van der Waals surface area contributed by atoms with Gasteiger partial charge in [0.05, 0.1) is 12.7 Å². The molecule has 0 aromatic heterocycles. The van der Waals surface area contributed by atoms with Crippen molar-refractivity contribution in [3.05, 3.63) is 29.1 Å². The van der Waals surface area contributed by atoms with E-state index in [9.17, 15) is 9.18 Å². The van der Waals surface area contributed by atoms with Gasteiger partial charge in [-0.15, -0.1) is 0 Å². The van der Waals surface area contributed by atoms with Crippen LogP contribution in [0, 0.1) is 24.6 Å². The van der Waals surface area contributed by atoms with Crippen molar-refractivity contribution in [2.75, 3.05) is 12.4 Å². The van der Waals surface area contributed by atoms with E-state index < -0.39 is 11.8 Å². The van der Waals surface area contributed by atoms with E-state index in [1.54, 1.807) is 0 Å². The number of methoxy groups -OCH3 is 1. The maximum atomic E-state index is 13.8. The highest BCUT2D eigenvalue weighted by molar-refractivity contribution is 5.92. The molecule has 1 aliphatic rings. The van der Waals surface area contributed by atoms with Crippen molar-refractivity contribution < 1.29 is 13.9 Å². The highest BCUT2D eigenvalue weighted by Gasteiger charge is 2.25. The minimum absolute atomic E-state index is 0.289. The van der Waals surface area contributed by atoms with Gasteiger partial charge in [0, 0.05) is 11.7 Å². The Labute approximate surface area is 125 Å². The third-order valence-corrected chi connectivity index (χ3v) is 4.32. The van der Waals surface area contributed by atoms with Gasteiger partial charge in [0.15, 0.2) is 0 Å². The fourth-order valence-electron chi connectivity index (χ4n) is 3.44. The van der Waals surface area contributed by atoms with Crippen LogP contribution in [0.3, 0.4) is 0 Å². The van der Waals surface area contributed by atoms with Crippen LogP contribution in [-0.4, -0.2) is 19.1 Å². The van der Waals surface area contributed by atoms with E-state index in [-0.39, 0.29) is 5.56 Å². The summed E-state index contributed by atoms with van der Waals surface area (Å²) in [5.41, 5.74) is 1.73. The second kappa shape index (κ2) is 6.46. The van der Waals surface area contributed by atoms with Crippen molar-refractivity contribution in [1.29, 1.82) is 0 Å². The van der Waals surface area contributed by atoms with Gasteiger partial charge in [-0.05, 0) is 55.7 Å². The number of rotatable bonds is 3. The zero-order valence-corrected chi connectivity index (χ0v) is 13.2. The molecule has 0 radical (unpaired) electrons. The Morgan fingerprint density at radius 1 is 1.24 bits per heavy atom. The lowest BCUT2D eigenvalue weighted by atomic mass is 9.80. The van der Waals surface area contributed by atoms with Gasteiger partial charge >= 0.3 is 5.97 Å². The van der Waals surface area contributed by atoms with Crippen LogP contribution in [0.25, 0.3) is 0 Å². The van der Waals surface area contributed by atoms with Crippen molar-refractivity contribution in [2.45, 2.75) is 46.1 Å². The number of ether oxygens (including phenoxy) is 1. The lowest BCUT2D eigenvalue weighted by Gasteiger charge is -2.33. The van der Waals surface area contributed by atoms with Crippen LogP contribution in [-0.2, 0) is 4.74 Å². The van der Waals surface area contributed by atoms with Crippen molar-refractivity contribution in [2.24, 2.45) is 11.8 Å². The number of hydrogen-bond donors (Lipinski definition) is 1. The van der Waals surface area contributed by atoms with E-state index >= 15 is 0 Å². The SMILES string of the molecule is COC(=O)c1cc(F)cc(NC2C[C@@H](C)C[C@@H](C)C2)c1C. The molecule has 21 heavy (non-hydrogen) atoms. The fourth-order valence-corrected chi connectivity index (χ4v) is 3.44. The quantitative estimate of drug-likeness (QED) is 0.851. The molecule has 116 valence electrons. The van der Waals surface area contributed by atoms with Crippen LogP contribution in [0.5, 0.6) is 0 Å². The first-order valence-electron chi connectivity index (χ1n) is 7.55. The Morgan fingerprint density at radius 2 is 1.86 bits per heavy atom. The standard InChI is InChI=1S/C17H24FNO2/c1-10-5-11(2)7-14(6-10)19-16-9-13(18)8-15(12(16)3)17(20)21-4/h8-11,14,19H,5-7H2,1-4H3/t10-,11+,14?. The second-order valence-corrected chi connectivity index (χ2v) is 6.38. The van der Waals surface area contributed by atoms with Crippen molar-refractivity contribution in [3.8, 4) is 0 Å². The van der Waals surface area contributed by atoms with E-state index in [0.29, 0.717) is 23.6 Å². The number of carbonyl (C=O) groups is 1. The molecule has 0 amide bonds. The van der Waals surface area contributed by atoms with Gasteiger partial charge in [-0.2, -0.15) is 0 Å². The van der Waals surface area contributed by atoms with Gasteiger partial charge < -0.3 is 10.1 Å². The average Bonchev–Trinajstić information content (AvgIpc) is 2.40. The maximum absolute atomic E-state index is 13.8. The number of anilines is 1. The molecule has 1 fully saturated rings. The average molecular weight is 293 g/mol. The highest BCUT2D eigenvalue weighted by atomic mass is 19.1. The Balaban J connectivity index is 2.23. The van der Waals surface area contributed by atoms with Crippen LogP contribution in [0.2, 0.25) is 0 Å². The molecule has 0 heterocycles. The number of nitrogens with one attached hydrogen (secondary N) is 1. The van der Waals surface area contributed by atoms with E-state index in [2.05, 4.69) is 19.2 Å². The molecule has 1 aromatic carbocycles. The normalized spacial score (nSPS) is 25.5. The first kappa shape index (κ1) is 15.8. The summed E-state index contributed by atoms with van der Waals surface area (Å²) in [6, 6.07) is 3.03. The predicted octanol–water partition coefficient (Wildman–Crippen LogP) is 4.16. The Hall–Kier alpha value is -1.58.